The van der Waals surface area contributed by atoms with Gasteiger partial charge >= 0.3 is 17.9 Å². The summed E-state index contributed by atoms with van der Waals surface area (Å²) < 4.78 is 16.7. The summed E-state index contributed by atoms with van der Waals surface area (Å²) in [7, 11) is 0. The summed E-state index contributed by atoms with van der Waals surface area (Å²) >= 11 is 0. The number of allylic oxidation sites excluding steroid dienone is 20. The lowest BCUT2D eigenvalue weighted by atomic mass is 10.1. The van der Waals surface area contributed by atoms with Crippen molar-refractivity contribution in [1.82, 2.24) is 0 Å². The molecule has 0 spiro atoms. The van der Waals surface area contributed by atoms with Gasteiger partial charge in [-0.05, 0) is 116 Å². The Morgan fingerprint density at radius 1 is 0.318 bits per heavy atom. The Bertz CT molecular complexity index is 1420. The third kappa shape index (κ3) is 50.8. The molecule has 0 bridgehead atoms. The highest BCUT2D eigenvalue weighted by Gasteiger charge is 2.19. The van der Waals surface area contributed by atoms with Crippen molar-refractivity contribution in [2.45, 2.75) is 226 Å². The molecule has 1 atom stereocenters. The van der Waals surface area contributed by atoms with Crippen LogP contribution in [0, 0.1) is 0 Å². The summed E-state index contributed by atoms with van der Waals surface area (Å²) in [6.45, 7) is 6.30. The third-order valence-corrected chi connectivity index (χ3v) is 10.7. The van der Waals surface area contributed by atoms with Gasteiger partial charge in [-0.25, -0.2) is 0 Å². The van der Waals surface area contributed by atoms with Gasteiger partial charge < -0.3 is 14.2 Å². The molecule has 0 aromatic carbocycles. The van der Waals surface area contributed by atoms with Gasteiger partial charge in [0.05, 0.1) is 0 Å². The molecule has 1 unspecified atom stereocenters. The maximum Gasteiger partial charge on any atom is 0.306 e. The van der Waals surface area contributed by atoms with Crippen molar-refractivity contribution >= 4 is 17.9 Å². The Hall–Kier alpha value is -4.19. The van der Waals surface area contributed by atoms with Crippen molar-refractivity contribution in [2.75, 3.05) is 13.2 Å². The molecular weight excluding hydrogens is 817 g/mol. The van der Waals surface area contributed by atoms with Crippen LogP contribution >= 0.6 is 0 Å². The molecule has 6 nitrogen and oxygen atoms in total. The molecule has 0 aliphatic heterocycles. The van der Waals surface area contributed by atoms with Gasteiger partial charge in [0, 0.05) is 19.3 Å². The Balaban J connectivity index is 4.56. The number of esters is 3. The van der Waals surface area contributed by atoms with Gasteiger partial charge in [-0.15, -0.1) is 0 Å². The topological polar surface area (TPSA) is 78.9 Å². The summed E-state index contributed by atoms with van der Waals surface area (Å²) in [4.78, 5) is 38.0. The second kappa shape index (κ2) is 53.4. The number of unbranched alkanes of at least 4 members (excludes halogenated alkanes) is 15. The molecule has 0 amide bonds. The summed E-state index contributed by atoms with van der Waals surface area (Å²) in [5.74, 6) is -1.04. The molecule has 0 fully saturated rings. The van der Waals surface area contributed by atoms with Gasteiger partial charge in [-0.2, -0.15) is 0 Å². The fourth-order valence-corrected chi connectivity index (χ4v) is 6.77. The zero-order valence-corrected chi connectivity index (χ0v) is 42.4. The minimum absolute atomic E-state index is 0.118. The maximum atomic E-state index is 12.8. The first kappa shape index (κ1) is 61.8. The molecule has 0 saturated carbocycles. The monoisotopic (exact) mass is 913 g/mol. The molecule has 0 aliphatic carbocycles. The van der Waals surface area contributed by atoms with Crippen LogP contribution in [0.15, 0.2) is 122 Å². The molecule has 6 heteroatoms. The summed E-state index contributed by atoms with van der Waals surface area (Å²) in [5.41, 5.74) is 0. The molecule has 0 N–H and O–H groups in total. The average Bonchev–Trinajstić information content (AvgIpc) is 3.31. The predicted molar refractivity (Wildman–Crippen MR) is 283 cm³/mol. The van der Waals surface area contributed by atoms with E-state index >= 15 is 0 Å². The van der Waals surface area contributed by atoms with E-state index in [1.807, 2.05) is 12.2 Å². The minimum atomic E-state index is -0.825. The number of hydrogen-bond acceptors (Lipinski definition) is 6. The molecule has 0 aromatic rings. The zero-order valence-electron chi connectivity index (χ0n) is 42.4. The quantitative estimate of drug-likeness (QED) is 0.0262. The molecule has 0 heterocycles. The van der Waals surface area contributed by atoms with Crippen LogP contribution in [-0.2, 0) is 28.6 Å². The van der Waals surface area contributed by atoms with Crippen molar-refractivity contribution in [1.29, 1.82) is 0 Å². The molecule has 0 saturated heterocycles. The van der Waals surface area contributed by atoms with Gasteiger partial charge in [-0.3, -0.25) is 14.4 Å². The standard InChI is InChI=1S/C60H96O6/c1-4-7-10-13-16-19-22-25-27-29-30-31-33-35-38-41-44-47-50-53-59(62)65-56-57(55-64-58(61)52-49-46-43-40-37-34-24-21-18-15-12-9-6-3)66-60(63)54-51-48-45-42-39-36-32-28-26-23-20-17-14-11-8-5-2/h7-8,10-11,16-17,19-20,25-28,30-31,34-35,37-38,44,47,57H,4-6,9,12-15,18,21-24,29,32-33,36,39-43,45-46,48-56H2,1-3H3/b10-7-,11-8-,19-16-,20-17-,27-25-,28-26-,31-30-,37-34-,38-35-,47-44-. The SMILES string of the molecule is CC/C=C\C/C=C\C/C=C\C/C=C\C/C=C\C/C=C\CCC(=O)OCC(COC(=O)CCCCC/C=C\CCCCCCCC)OC(=O)CCCCCCCC/C=C\C/C=C\C/C=C\CC. The molecule has 66 heavy (non-hydrogen) atoms. The second-order valence-electron chi connectivity index (χ2n) is 17.0. The van der Waals surface area contributed by atoms with Crippen LogP contribution in [0.1, 0.15) is 220 Å². The predicted octanol–water partition coefficient (Wildman–Crippen LogP) is 17.7. The fraction of sp³-hybridized carbons (Fsp3) is 0.617. The number of ether oxygens (including phenoxy) is 3. The van der Waals surface area contributed by atoms with Crippen LogP contribution in [0.25, 0.3) is 0 Å². The van der Waals surface area contributed by atoms with Gasteiger partial charge in [0.15, 0.2) is 6.10 Å². The molecule has 372 valence electrons. The first-order valence-corrected chi connectivity index (χ1v) is 26.5. The van der Waals surface area contributed by atoms with E-state index in [-0.39, 0.29) is 37.5 Å². The van der Waals surface area contributed by atoms with Crippen LogP contribution in [-0.4, -0.2) is 37.2 Å². The van der Waals surface area contributed by atoms with Crippen LogP contribution in [0.2, 0.25) is 0 Å². The number of hydrogen-bond donors (Lipinski definition) is 0. The highest BCUT2D eigenvalue weighted by Crippen LogP contribution is 2.13. The van der Waals surface area contributed by atoms with Crippen LogP contribution in [0.4, 0.5) is 0 Å². The minimum Gasteiger partial charge on any atom is -0.462 e. The first-order valence-electron chi connectivity index (χ1n) is 26.5. The Labute approximate surface area is 405 Å². The first-order chi connectivity index (χ1) is 32.5. The van der Waals surface area contributed by atoms with E-state index in [1.165, 1.54) is 51.4 Å². The fourth-order valence-electron chi connectivity index (χ4n) is 6.77. The normalized spacial score (nSPS) is 13.1. The number of carbonyl (C=O) groups is 3. The van der Waals surface area contributed by atoms with E-state index in [1.54, 1.807) is 0 Å². The van der Waals surface area contributed by atoms with Crippen molar-refractivity contribution in [2.24, 2.45) is 0 Å². The smallest absolute Gasteiger partial charge is 0.306 e. The maximum absolute atomic E-state index is 12.8. The molecule has 0 radical (unpaired) electrons. The van der Waals surface area contributed by atoms with E-state index < -0.39 is 6.10 Å². The van der Waals surface area contributed by atoms with E-state index in [0.717, 1.165) is 122 Å². The summed E-state index contributed by atoms with van der Waals surface area (Å²) in [6, 6.07) is 0. The Morgan fingerprint density at radius 3 is 1.05 bits per heavy atom. The van der Waals surface area contributed by atoms with Crippen molar-refractivity contribution in [3.8, 4) is 0 Å². The van der Waals surface area contributed by atoms with Gasteiger partial charge in [0.25, 0.3) is 0 Å². The lowest BCUT2D eigenvalue weighted by Gasteiger charge is -2.18. The average molecular weight is 913 g/mol. The number of rotatable bonds is 46. The van der Waals surface area contributed by atoms with Crippen molar-refractivity contribution in [3.05, 3.63) is 122 Å². The highest BCUT2D eigenvalue weighted by atomic mass is 16.6. The highest BCUT2D eigenvalue weighted by molar-refractivity contribution is 5.71. The second-order valence-corrected chi connectivity index (χ2v) is 17.0. The molecule has 0 aromatic heterocycles. The third-order valence-electron chi connectivity index (χ3n) is 10.7. The Kier molecular flexibility index (Phi) is 50.0. The summed E-state index contributed by atoms with van der Waals surface area (Å²) in [5, 5.41) is 0. The van der Waals surface area contributed by atoms with Crippen LogP contribution < -0.4 is 0 Å². The number of carbonyl (C=O) groups excluding carboxylic acids is 3. The van der Waals surface area contributed by atoms with E-state index in [0.29, 0.717) is 19.3 Å². The zero-order chi connectivity index (χ0) is 47.9. The molecule has 0 aliphatic rings. The molecule has 0 rings (SSSR count). The lowest BCUT2D eigenvalue weighted by molar-refractivity contribution is -0.166. The van der Waals surface area contributed by atoms with Gasteiger partial charge in [-0.1, -0.05) is 206 Å². The van der Waals surface area contributed by atoms with E-state index in [4.69, 9.17) is 14.2 Å². The Morgan fingerprint density at radius 2 is 0.621 bits per heavy atom. The van der Waals surface area contributed by atoms with Crippen LogP contribution in [0.5, 0.6) is 0 Å². The van der Waals surface area contributed by atoms with Crippen molar-refractivity contribution in [3.63, 3.8) is 0 Å². The molecular formula is C60H96O6. The largest absolute Gasteiger partial charge is 0.462 e. The van der Waals surface area contributed by atoms with E-state index in [9.17, 15) is 14.4 Å². The van der Waals surface area contributed by atoms with Crippen molar-refractivity contribution < 1.29 is 28.6 Å². The van der Waals surface area contributed by atoms with Gasteiger partial charge in [0.1, 0.15) is 13.2 Å². The van der Waals surface area contributed by atoms with Gasteiger partial charge in [0.2, 0.25) is 0 Å². The summed E-state index contributed by atoms with van der Waals surface area (Å²) in [6.07, 6.45) is 73.4. The lowest BCUT2D eigenvalue weighted by Crippen LogP contribution is -2.30. The van der Waals surface area contributed by atoms with E-state index in [2.05, 4.69) is 130 Å². The van der Waals surface area contributed by atoms with Crippen LogP contribution in [0.3, 0.4) is 0 Å².